The van der Waals surface area contributed by atoms with Crippen molar-refractivity contribution < 1.29 is 24.5 Å². The molecule has 0 aromatic heterocycles. The Hall–Kier alpha value is -0.590. The number of hydrogen-bond acceptors (Lipinski definition) is 5. The monoisotopic (exact) mass is 208 g/mol. The van der Waals surface area contributed by atoms with Crippen LogP contribution in [0.1, 0.15) is 13.3 Å². The van der Waals surface area contributed by atoms with Gasteiger partial charge in [-0.15, -0.1) is 12.6 Å². The van der Waals surface area contributed by atoms with Crippen molar-refractivity contribution in [3.05, 3.63) is 0 Å². The van der Waals surface area contributed by atoms with E-state index in [1.54, 1.807) is 0 Å². The summed E-state index contributed by atoms with van der Waals surface area (Å²) in [5.41, 5.74) is 0. The van der Waals surface area contributed by atoms with Gasteiger partial charge in [0.25, 0.3) is 0 Å². The second kappa shape index (κ2) is 5.95. The van der Waals surface area contributed by atoms with E-state index in [2.05, 4.69) is 17.4 Å². The maximum Gasteiger partial charge on any atom is 0.335 e. The first-order chi connectivity index (χ1) is 5.93. The highest BCUT2D eigenvalue weighted by Crippen LogP contribution is 1.99. The zero-order valence-electron chi connectivity index (χ0n) is 7.14. The average molecular weight is 208 g/mol. The number of carbonyl (C=O) groups is 2. The van der Waals surface area contributed by atoms with Crippen LogP contribution in [0.5, 0.6) is 0 Å². The quantitative estimate of drug-likeness (QED) is 0.403. The number of aliphatic hydroxyl groups excluding tert-OH is 2. The summed E-state index contributed by atoms with van der Waals surface area (Å²) in [5.74, 6) is -0.927. The molecule has 2 unspecified atom stereocenters. The van der Waals surface area contributed by atoms with E-state index in [-0.39, 0.29) is 13.0 Å². The molecule has 0 rings (SSSR count). The van der Waals surface area contributed by atoms with Gasteiger partial charge >= 0.3 is 5.97 Å². The van der Waals surface area contributed by atoms with Gasteiger partial charge in [0, 0.05) is 0 Å². The summed E-state index contributed by atoms with van der Waals surface area (Å²) < 4.78 is 4.44. The normalized spacial score (nSPS) is 14.8. The Morgan fingerprint density at radius 2 is 2.00 bits per heavy atom. The number of ether oxygens (including phenoxy) is 1. The Balaban J connectivity index is 3.76. The minimum absolute atomic E-state index is 0.198. The summed E-state index contributed by atoms with van der Waals surface area (Å²) in [6.45, 7) is 1.24. The van der Waals surface area contributed by atoms with Gasteiger partial charge in [-0.05, 0) is 6.92 Å². The zero-order chi connectivity index (χ0) is 10.4. The van der Waals surface area contributed by atoms with E-state index in [0.29, 0.717) is 0 Å². The highest BCUT2D eigenvalue weighted by molar-refractivity contribution is 7.96. The molecule has 0 aromatic carbocycles. The maximum absolute atomic E-state index is 10.8. The first kappa shape index (κ1) is 12.4. The SMILES string of the molecule is CC(O)COC(=O)C(O)CC(=O)S. The fraction of sp³-hybridized carbons (Fsp3) is 0.714. The van der Waals surface area contributed by atoms with Crippen LogP contribution in [0.2, 0.25) is 0 Å². The molecular weight excluding hydrogens is 196 g/mol. The summed E-state index contributed by atoms with van der Waals surface area (Å²) in [6, 6.07) is 0. The molecule has 0 saturated carbocycles. The molecule has 2 atom stereocenters. The van der Waals surface area contributed by atoms with Crippen LogP contribution < -0.4 is 0 Å². The minimum Gasteiger partial charge on any atom is -0.461 e. The van der Waals surface area contributed by atoms with Gasteiger partial charge in [-0.1, -0.05) is 0 Å². The van der Waals surface area contributed by atoms with E-state index in [0.717, 1.165) is 0 Å². The van der Waals surface area contributed by atoms with Crippen molar-refractivity contribution in [2.45, 2.75) is 25.6 Å². The fourth-order valence-corrected chi connectivity index (χ4v) is 0.721. The lowest BCUT2D eigenvalue weighted by Crippen LogP contribution is -2.27. The van der Waals surface area contributed by atoms with Gasteiger partial charge in [0.2, 0.25) is 0 Å². The first-order valence-electron chi connectivity index (χ1n) is 3.68. The van der Waals surface area contributed by atoms with Crippen LogP contribution in [0.4, 0.5) is 0 Å². The minimum atomic E-state index is -1.50. The molecule has 0 aliphatic heterocycles. The molecule has 6 heteroatoms. The van der Waals surface area contributed by atoms with E-state index in [1.165, 1.54) is 6.92 Å². The lowest BCUT2D eigenvalue weighted by Gasteiger charge is -2.09. The van der Waals surface area contributed by atoms with Crippen molar-refractivity contribution in [2.75, 3.05) is 6.61 Å². The van der Waals surface area contributed by atoms with Crippen LogP contribution >= 0.6 is 12.6 Å². The molecule has 0 aliphatic carbocycles. The number of esters is 1. The molecule has 5 nitrogen and oxygen atoms in total. The first-order valence-corrected chi connectivity index (χ1v) is 4.12. The number of carbonyl (C=O) groups excluding carboxylic acids is 2. The van der Waals surface area contributed by atoms with Crippen molar-refractivity contribution in [3.63, 3.8) is 0 Å². The topological polar surface area (TPSA) is 83.8 Å². The van der Waals surface area contributed by atoms with E-state index < -0.39 is 23.3 Å². The number of aliphatic hydroxyl groups is 2. The molecule has 0 fully saturated rings. The highest BCUT2D eigenvalue weighted by atomic mass is 32.1. The van der Waals surface area contributed by atoms with Crippen LogP contribution in [0.3, 0.4) is 0 Å². The predicted molar refractivity (Wildman–Crippen MR) is 47.3 cm³/mol. The van der Waals surface area contributed by atoms with Gasteiger partial charge in [-0.3, -0.25) is 4.79 Å². The van der Waals surface area contributed by atoms with Crippen LogP contribution in [0.25, 0.3) is 0 Å². The molecule has 0 radical (unpaired) electrons. The smallest absolute Gasteiger partial charge is 0.335 e. The van der Waals surface area contributed by atoms with Gasteiger partial charge in [-0.25, -0.2) is 4.79 Å². The molecule has 0 spiro atoms. The zero-order valence-corrected chi connectivity index (χ0v) is 8.03. The molecule has 2 N–H and O–H groups in total. The van der Waals surface area contributed by atoms with E-state index >= 15 is 0 Å². The maximum atomic E-state index is 10.8. The average Bonchev–Trinajstić information content (AvgIpc) is 1.98. The van der Waals surface area contributed by atoms with Crippen molar-refractivity contribution in [1.29, 1.82) is 0 Å². The molecule has 0 amide bonds. The van der Waals surface area contributed by atoms with Crippen molar-refractivity contribution >= 4 is 23.7 Å². The third kappa shape index (κ3) is 6.56. The summed E-state index contributed by atoms with van der Waals surface area (Å²) in [4.78, 5) is 21.2. The summed E-state index contributed by atoms with van der Waals surface area (Å²) in [7, 11) is 0. The van der Waals surface area contributed by atoms with E-state index in [9.17, 15) is 9.59 Å². The molecule has 13 heavy (non-hydrogen) atoms. The van der Waals surface area contributed by atoms with Crippen LogP contribution in [-0.2, 0) is 14.3 Å². The molecule has 76 valence electrons. The summed E-state index contributed by atoms with van der Waals surface area (Å²) in [5, 5.41) is 17.1. The molecule has 0 aliphatic rings. The number of thiol groups is 1. The Morgan fingerprint density at radius 1 is 1.46 bits per heavy atom. The largest absolute Gasteiger partial charge is 0.461 e. The highest BCUT2D eigenvalue weighted by Gasteiger charge is 2.19. The van der Waals surface area contributed by atoms with Crippen molar-refractivity contribution in [3.8, 4) is 0 Å². The van der Waals surface area contributed by atoms with Gasteiger partial charge in [0.05, 0.1) is 12.5 Å². The predicted octanol–water partition coefficient (Wildman–Crippen LogP) is -0.882. The Labute approximate surface area is 81.1 Å². The van der Waals surface area contributed by atoms with Crippen molar-refractivity contribution in [1.82, 2.24) is 0 Å². The second-order valence-electron chi connectivity index (χ2n) is 2.59. The molecular formula is C7H12O5S. The van der Waals surface area contributed by atoms with Gasteiger partial charge in [-0.2, -0.15) is 0 Å². The van der Waals surface area contributed by atoms with E-state index in [4.69, 9.17) is 10.2 Å². The van der Waals surface area contributed by atoms with Crippen LogP contribution in [0, 0.1) is 0 Å². The number of rotatable bonds is 5. The Bertz CT molecular complexity index is 191. The Morgan fingerprint density at radius 3 is 2.38 bits per heavy atom. The van der Waals surface area contributed by atoms with E-state index in [1.807, 2.05) is 0 Å². The standard InChI is InChI=1S/C7H12O5S/c1-4(8)3-12-7(11)5(9)2-6(10)13/h4-5,8-9H,2-3H2,1H3,(H,10,13). The summed E-state index contributed by atoms with van der Waals surface area (Å²) >= 11 is 3.38. The lowest BCUT2D eigenvalue weighted by atomic mass is 10.3. The third-order valence-electron chi connectivity index (χ3n) is 1.11. The van der Waals surface area contributed by atoms with Crippen molar-refractivity contribution in [2.24, 2.45) is 0 Å². The van der Waals surface area contributed by atoms with Crippen LogP contribution in [-0.4, -0.2) is 40.1 Å². The van der Waals surface area contributed by atoms with Crippen LogP contribution in [0.15, 0.2) is 0 Å². The Kier molecular flexibility index (Phi) is 5.68. The third-order valence-corrected chi connectivity index (χ3v) is 1.29. The van der Waals surface area contributed by atoms with Gasteiger partial charge < -0.3 is 14.9 Å². The fourth-order valence-electron chi connectivity index (χ4n) is 0.548. The molecule has 0 bridgehead atoms. The van der Waals surface area contributed by atoms with Gasteiger partial charge in [0.15, 0.2) is 11.2 Å². The number of hydrogen-bond donors (Lipinski definition) is 3. The molecule has 0 saturated heterocycles. The summed E-state index contributed by atoms with van der Waals surface area (Å²) in [6.07, 6.45) is -2.67. The lowest BCUT2D eigenvalue weighted by molar-refractivity contribution is -0.157. The van der Waals surface area contributed by atoms with Gasteiger partial charge in [0.1, 0.15) is 6.61 Å². The second-order valence-corrected chi connectivity index (χ2v) is 3.09. The molecule has 0 aromatic rings. The molecule has 0 heterocycles.